The van der Waals surface area contributed by atoms with E-state index in [2.05, 4.69) is 0 Å². The fourth-order valence-corrected chi connectivity index (χ4v) is 6.66. The van der Waals surface area contributed by atoms with Gasteiger partial charge in [-0.1, -0.05) is 0 Å². The minimum atomic E-state index is -4.12. The number of hydrogen-bond acceptors (Lipinski definition) is 5. The number of benzene rings is 1. The number of sulfonamides is 1. The third kappa shape index (κ3) is 4.36. The number of hydrogen-bond donors (Lipinski definition) is 0. The Balaban J connectivity index is 1.71. The minimum absolute atomic E-state index is 0.0422. The van der Waals surface area contributed by atoms with Gasteiger partial charge in [-0.3, -0.25) is 0 Å². The van der Waals surface area contributed by atoms with Gasteiger partial charge in [-0.25, -0.2) is 17.2 Å². The topological polar surface area (TPSA) is 87.2 Å². The van der Waals surface area contributed by atoms with Crippen LogP contribution < -0.4 is 0 Å². The van der Waals surface area contributed by atoms with Crippen molar-refractivity contribution in [2.24, 2.45) is 0 Å². The molecule has 0 N–H and O–H groups in total. The van der Waals surface area contributed by atoms with Crippen molar-refractivity contribution in [1.29, 1.82) is 0 Å². The van der Waals surface area contributed by atoms with E-state index in [0.717, 1.165) is 16.4 Å². The molecule has 0 radical (unpaired) electrons. The second kappa shape index (κ2) is 7.92. The molecule has 0 aliphatic carbocycles. The van der Waals surface area contributed by atoms with Crippen molar-refractivity contribution >= 4 is 20.2 Å². The summed E-state index contributed by atoms with van der Waals surface area (Å²) in [5, 5.41) is 0. The zero-order valence-electron chi connectivity index (χ0n) is 15.6. The first-order valence-corrected chi connectivity index (χ1v) is 11.7. The van der Waals surface area contributed by atoms with E-state index in [0.29, 0.717) is 6.07 Å². The lowest BCUT2D eigenvalue weighted by Crippen LogP contribution is -2.57. The molecule has 2 atom stereocenters. The summed E-state index contributed by atoms with van der Waals surface area (Å²) < 4.78 is 87.0. The highest BCUT2D eigenvalue weighted by Gasteiger charge is 2.38. The van der Waals surface area contributed by atoms with Gasteiger partial charge in [0.05, 0.1) is 17.1 Å². The monoisotopic (exact) mass is 439 g/mol. The maximum atomic E-state index is 13.4. The van der Waals surface area contributed by atoms with Gasteiger partial charge in [0.1, 0.15) is 11.6 Å². The maximum absolute atomic E-state index is 13.4. The first kappa shape index (κ1) is 21.5. The molecule has 158 valence electrons. The Labute approximate surface area is 163 Å². The van der Waals surface area contributed by atoms with Crippen LogP contribution in [-0.2, 0) is 25.0 Å². The van der Waals surface area contributed by atoms with Crippen LogP contribution in [0.1, 0.15) is 13.8 Å². The van der Waals surface area contributed by atoms with Crippen LogP contribution in [0.3, 0.4) is 0 Å². The third-order valence-electron chi connectivity index (χ3n) is 4.71. The minimum Gasteiger partial charge on any atom is -0.373 e. The Morgan fingerprint density at radius 3 is 1.79 bits per heavy atom. The number of rotatable bonds is 4. The Morgan fingerprint density at radius 1 is 0.821 bits per heavy atom. The summed E-state index contributed by atoms with van der Waals surface area (Å²) in [6.07, 6.45) is -0.467. The lowest BCUT2D eigenvalue weighted by atomic mass is 10.3. The van der Waals surface area contributed by atoms with Gasteiger partial charge in [-0.15, -0.1) is 0 Å². The van der Waals surface area contributed by atoms with E-state index in [9.17, 15) is 25.6 Å². The number of ether oxygens (including phenoxy) is 1. The van der Waals surface area contributed by atoms with E-state index in [1.54, 1.807) is 13.8 Å². The molecule has 28 heavy (non-hydrogen) atoms. The molecule has 3 rings (SSSR count). The molecule has 12 heteroatoms. The van der Waals surface area contributed by atoms with Crippen LogP contribution in [0.2, 0.25) is 0 Å². The van der Waals surface area contributed by atoms with E-state index in [4.69, 9.17) is 4.74 Å². The van der Waals surface area contributed by atoms with Crippen LogP contribution in [0.5, 0.6) is 0 Å². The number of morpholine rings is 1. The number of nitrogens with zero attached hydrogens (tertiary/aromatic N) is 3. The van der Waals surface area contributed by atoms with E-state index in [1.807, 2.05) is 0 Å². The summed E-state index contributed by atoms with van der Waals surface area (Å²) >= 11 is 0. The highest BCUT2D eigenvalue weighted by atomic mass is 32.2. The summed E-state index contributed by atoms with van der Waals surface area (Å²) in [5.74, 6) is -1.98. The second-order valence-corrected chi connectivity index (χ2v) is 10.9. The molecule has 2 aliphatic rings. The largest absolute Gasteiger partial charge is 0.373 e. The average Bonchev–Trinajstić information content (AvgIpc) is 2.60. The highest BCUT2D eigenvalue weighted by molar-refractivity contribution is 7.89. The predicted octanol–water partition coefficient (Wildman–Crippen LogP) is 0.625. The molecule has 0 aromatic heterocycles. The van der Waals surface area contributed by atoms with Gasteiger partial charge in [0, 0.05) is 45.3 Å². The van der Waals surface area contributed by atoms with Crippen molar-refractivity contribution in [3.63, 3.8) is 0 Å². The van der Waals surface area contributed by atoms with Gasteiger partial charge in [0.25, 0.3) is 10.2 Å². The first-order chi connectivity index (χ1) is 13.0. The summed E-state index contributed by atoms with van der Waals surface area (Å²) in [5.41, 5.74) is 0. The van der Waals surface area contributed by atoms with Crippen LogP contribution in [-0.4, -0.2) is 81.2 Å². The third-order valence-corrected chi connectivity index (χ3v) is 8.55. The van der Waals surface area contributed by atoms with Crippen LogP contribution in [0.25, 0.3) is 0 Å². The van der Waals surface area contributed by atoms with Crippen molar-refractivity contribution in [3.8, 4) is 0 Å². The van der Waals surface area contributed by atoms with Crippen molar-refractivity contribution in [2.75, 3.05) is 39.3 Å². The quantitative estimate of drug-likeness (QED) is 0.687. The lowest BCUT2D eigenvalue weighted by molar-refractivity contribution is -0.0456. The molecular formula is C16H23F2N3O5S2. The number of piperazine rings is 1. The molecule has 0 saturated carbocycles. The standard InChI is InChI=1S/C16H23F2N3O5S2/c1-12-10-21(11-13(2)26-12)28(24,25)20-5-3-19(4-6-20)27(22,23)16-8-14(17)7-15(18)9-16/h7-9,12-13H,3-6,10-11H2,1-2H3. The molecule has 2 unspecified atom stereocenters. The molecule has 0 spiro atoms. The molecule has 2 saturated heterocycles. The summed E-state index contributed by atoms with van der Waals surface area (Å²) in [4.78, 5) is -0.489. The van der Waals surface area contributed by atoms with Crippen LogP contribution in [0.4, 0.5) is 8.78 Å². The van der Waals surface area contributed by atoms with Crippen molar-refractivity contribution in [3.05, 3.63) is 29.8 Å². The molecule has 2 heterocycles. The van der Waals surface area contributed by atoms with Gasteiger partial charge < -0.3 is 4.74 Å². The molecule has 0 amide bonds. The maximum Gasteiger partial charge on any atom is 0.282 e. The molecule has 1 aromatic rings. The van der Waals surface area contributed by atoms with Gasteiger partial charge in [0.2, 0.25) is 10.0 Å². The Kier molecular flexibility index (Phi) is 6.09. The first-order valence-electron chi connectivity index (χ1n) is 8.87. The van der Waals surface area contributed by atoms with Crippen molar-refractivity contribution in [2.45, 2.75) is 31.0 Å². The van der Waals surface area contributed by atoms with E-state index in [-0.39, 0.29) is 51.5 Å². The zero-order valence-corrected chi connectivity index (χ0v) is 17.2. The molecule has 0 bridgehead atoms. The van der Waals surface area contributed by atoms with Crippen LogP contribution in [0, 0.1) is 11.6 Å². The van der Waals surface area contributed by atoms with Crippen molar-refractivity contribution < 1.29 is 30.4 Å². The fraction of sp³-hybridized carbons (Fsp3) is 0.625. The van der Waals surface area contributed by atoms with E-state index >= 15 is 0 Å². The second-order valence-electron chi connectivity index (χ2n) is 6.99. The smallest absolute Gasteiger partial charge is 0.282 e. The fourth-order valence-electron chi connectivity index (χ4n) is 3.45. The number of halogens is 2. The van der Waals surface area contributed by atoms with E-state index < -0.39 is 36.8 Å². The van der Waals surface area contributed by atoms with Crippen LogP contribution >= 0.6 is 0 Å². The SMILES string of the molecule is CC1CN(S(=O)(=O)N2CCN(S(=O)(=O)c3cc(F)cc(F)c3)CC2)CC(C)O1. The van der Waals surface area contributed by atoms with Crippen LogP contribution in [0.15, 0.2) is 23.1 Å². The Bertz CT molecular complexity index is 903. The van der Waals surface area contributed by atoms with Gasteiger partial charge in [-0.2, -0.15) is 21.3 Å². The molecule has 8 nitrogen and oxygen atoms in total. The zero-order chi connectivity index (χ0) is 20.7. The molecule has 1 aromatic carbocycles. The van der Waals surface area contributed by atoms with Gasteiger partial charge >= 0.3 is 0 Å². The summed E-state index contributed by atoms with van der Waals surface area (Å²) in [6, 6.07) is 2.09. The van der Waals surface area contributed by atoms with Crippen molar-refractivity contribution in [1.82, 2.24) is 12.9 Å². The van der Waals surface area contributed by atoms with Gasteiger partial charge in [-0.05, 0) is 26.0 Å². The van der Waals surface area contributed by atoms with Gasteiger partial charge in [0.15, 0.2) is 0 Å². The Hall–Kier alpha value is -1.18. The normalized spacial score (nSPS) is 26.4. The molecular weight excluding hydrogens is 416 g/mol. The predicted molar refractivity (Wildman–Crippen MR) is 97.2 cm³/mol. The average molecular weight is 440 g/mol. The van der Waals surface area contributed by atoms with E-state index in [1.165, 1.54) is 8.61 Å². The molecule has 2 aliphatic heterocycles. The summed E-state index contributed by atoms with van der Waals surface area (Å²) in [6.45, 7) is 3.76. The lowest BCUT2D eigenvalue weighted by Gasteiger charge is -2.39. The molecule has 2 fully saturated rings. The highest BCUT2D eigenvalue weighted by Crippen LogP contribution is 2.23. The Morgan fingerprint density at radius 2 is 1.29 bits per heavy atom. The summed E-state index contributed by atoms with van der Waals surface area (Å²) in [7, 11) is -7.87.